The lowest BCUT2D eigenvalue weighted by atomic mass is 10.1. The van der Waals surface area contributed by atoms with Gasteiger partial charge in [0.05, 0.1) is 24.3 Å². The number of halogens is 1. The Bertz CT molecular complexity index is 658. The topological polar surface area (TPSA) is 90.9 Å². The van der Waals surface area contributed by atoms with Crippen LogP contribution in [0.3, 0.4) is 0 Å². The molecule has 0 aliphatic carbocycles. The standard InChI is InChI=1S/C16H18ClNO6/c1-5-23-15(20)13(9(2)3)24-14(19)11-8-10(6-7-12(11)17)18-16(21)22-4/h6-8,13H,2,5H2,1,3-4H3,(H,18,21). The maximum atomic E-state index is 12.3. The van der Waals surface area contributed by atoms with Gasteiger partial charge in [0.25, 0.3) is 0 Å². The van der Waals surface area contributed by atoms with E-state index in [0.717, 1.165) is 0 Å². The zero-order chi connectivity index (χ0) is 18.3. The number of anilines is 1. The molecule has 0 heterocycles. The Labute approximate surface area is 144 Å². The SMILES string of the molecule is C=C(C)C(OC(=O)c1cc(NC(=O)OC)ccc1Cl)C(=O)OCC. The summed E-state index contributed by atoms with van der Waals surface area (Å²) in [6, 6.07) is 4.20. The molecule has 0 saturated carbocycles. The van der Waals surface area contributed by atoms with Crippen LogP contribution in [0.5, 0.6) is 0 Å². The Balaban J connectivity index is 3.00. The molecule has 1 N–H and O–H groups in total. The zero-order valence-electron chi connectivity index (χ0n) is 13.6. The van der Waals surface area contributed by atoms with E-state index in [1.165, 1.54) is 32.2 Å². The van der Waals surface area contributed by atoms with E-state index in [0.29, 0.717) is 5.57 Å². The van der Waals surface area contributed by atoms with E-state index in [9.17, 15) is 14.4 Å². The van der Waals surface area contributed by atoms with E-state index in [-0.39, 0.29) is 22.9 Å². The minimum Gasteiger partial charge on any atom is -0.463 e. The number of esters is 2. The molecule has 1 rings (SSSR count). The van der Waals surface area contributed by atoms with Crippen molar-refractivity contribution in [2.75, 3.05) is 19.0 Å². The van der Waals surface area contributed by atoms with Crippen LogP contribution in [0.25, 0.3) is 0 Å². The van der Waals surface area contributed by atoms with E-state index < -0.39 is 24.1 Å². The molecule has 0 saturated heterocycles. The van der Waals surface area contributed by atoms with E-state index in [1.807, 2.05) is 0 Å². The van der Waals surface area contributed by atoms with Gasteiger partial charge in [-0.05, 0) is 37.6 Å². The summed E-state index contributed by atoms with van der Waals surface area (Å²) in [7, 11) is 1.21. The number of benzene rings is 1. The number of methoxy groups -OCH3 is 1. The highest BCUT2D eigenvalue weighted by Crippen LogP contribution is 2.23. The number of hydrogen-bond donors (Lipinski definition) is 1. The van der Waals surface area contributed by atoms with Gasteiger partial charge in [0.2, 0.25) is 6.10 Å². The summed E-state index contributed by atoms with van der Waals surface area (Å²) in [5.41, 5.74) is 0.559. The predicted octanol–water partition coefficient (Wildman–Crippen LogP) is 3.18. The van der Waals surface area contributed by atoms with Gasteiger partial charge < -0.3 is 14.2 Å². The molecule has 1 aromatic rings. The highest BCUT2D eigenvalue weighted by atomic mass is 35.5. The summed E-state index contributed by atoms with van der Waals surface area (Å²) in [5.74, 6) is -1.58. The molecule has 0 aromatic heterocycles. The van der Waals surface area contributed by atoms with Crippen LogP contribution in [-0.4, -0.2) is 37.9 Å². The number of hydrogen-bond acceptors (Lipinski definition) is 6. The molecule has 1 amide bonds. The molecule has 7 nitrogen and oxygen atoms in total. The van der Waals surface area contributed by atoms with Crippen LogP contribution >= 0.6 is 11.6 Å². The molecule has 24 heavy (non-hydrogen) atoms. The van der Waals surface area contributed by atoms with Crippen molar-refractivity contribution in [1.29, 1.82) is 0 Å². The molecule has 0 spiro atoms. The summed E-state index contributed by atoms with van der Waals surface area (Å²) >= 11 is 5.98. The van der Waals surface area contributed by atoms with Crippen LogP contribution < -0.4 is 5.32 Å². The second kappa shape index (κ2) is 8.93. The van der Waals surface area contributed by atoms with Gasteiger partial charge in [-0.2, -0.15) is 0 Å². The summed E-state index contributed by atoms with van der Waals surface area (Å²) in [4.78, 5) is 35.3. The van der Waals surface area contributed by atoms with Crippen molar-refractivity contribution in [2.45, 2.75) is 20.0 Å². The summed E-state index contributed by atoms with van der Waals surface area (Å²) < 4.78 is 14.4. The Morgan fingerprint density at radius 2 is 2.00 bits per heavy atom. The molecule has 130 valence electrons. The molecule has 1 atom stereocenters. The lowest BCUT2D eigenvalue weighted by Crippen LogP contribution is -2.30. The molecule has 1 aromatic carbocycles. The van der Waals surface area contributed by atoms with Crippen LogP contribution in [0.4, 0.5) is 10.5 Å². The lowest BCUT2D eigenvalue weighted by molar-refractivity contribution is -0.151. The van der Waals surface area contributed by atoms with Crippen LogP contribution in [-0.2, 0) is 19.0 Å². The molecule has 1 unspecified atom stereocenters. The number of carbonyl (C=O) groups excluding carboxylic acids is 3. The van der Waals surface area contributed by atoms with E-state index in [4.69, 9.17) is 21.1 Å². The van der Waals surface area contributed by atoms with Gasteiger partial charge in [-0.25, -0.2) is 14.4 Å². The number of amides is 1. The fraction of sp³-hybridized carbons (Fsp3) is 0.312. The molecule has 0 radical (unpaired) electrons. The Kier molecular flexibility index (Phi) is 7.26. The van der Waals surface area contributed by atoms with Gasteiger partial charge in [0.15, 0.2) is 0 Å². The van der Waals surface area contributed by atoms with E-state index in [1.54, 1.807) is 6.92 Å². The first kappa shape index (κ1) is 19.5. The van der Waals surface area contributed by atoms with Gasteiger partial charge in [-0.3, -0.25) is 5.32 Å². The third-order valence-corrected chi connectivity index (χ3v) is 3.12. The van der Waals surface area contributed by atoms with E-state index in [2.05, 4.69) is 16.6 Å². The maximum Gasteiger partial charge on any atom is 0.411 e. The van der Waals surface area contributed by atoms with Gasteiger partial charge in [0, 0.05) is 5.69 Å². The van der Waals surface area contributed by atoms with Crippen molar-refractivity contribution in [2.24, 2.45) is 0 Å². The largest absolute Gasteiger partial charge is 0.463 e. The average Bonchev–Trinajstić information content (AvgIpc) is 2.53. The predicted molar refractivity (Wildman–Crippen MR) is 88.1 cm³/mol. The first-order valence-electron chi connectivity index (χ1n) is 6.97. The Morgan fingerprint density at radius 1 is 1.33 bits per heavy atom. The zero-order valence-corrected chi connectivity index (χ0v) is 14.3. The second-order valence-corrected chi connectivity index (χ2v) is 5.10. The molecule has 0 aliphatic heterocycles. The van der Waals surface area contributed by atoms with Gasteiger partial charge in [0.1, 0.15) is 0 Å². The van der Waals surface area contributed by atoms with Crippen molar-refractivity contribution in [3.8, 4) is 0 Å². The lowest BCUT2D eigenvalue weighted by Gasteiger charge is -2.17. The van der Waals surface area contributed by atoms with Crippen molar-refractivity contribution in [1.82, 2.24) is 0 Å². The number of nitrogens with one attached hydrogen (secondary N) is 1. The van der Waals surface area contributed by atoms with Gasteiger partial charge in [-0.1, -0.05) is 18.2 Å². The highest BCUT2D eigenvalue weighted by molar-refractivity contribution is 6.33. The Hall–Kier alpha value is -2.54. The number of ether oxygens (including phenoxy) is 3. The fourth-order valence-electron chi connectivity index (χ4n) is 1.67. The monoisotopic (exact) mass is 355 g/mol. The smallest absolute Gasteiger partial charge is 0.411 e. The molecule has 0 fully saturated rings. The quantitative estimate of drug-likeness (QED) is 0.478. The summed E-state index contributed by atoms with van der Waals surface area (Å²) in [6.45, 7) is 6.92. The van der Waals surface area contributed by atoms with Gasteiger partial charge in [-0.15, -0.1) is 0 Å². The fourth-order valence-corrected chi connectivity index (χ4v) is 1.86. The second-order valence-electron chi connectivity index (χ2n) is 4.69. The van der Waals surface area contributed by atoms with Crippen LogP contribution in [0.1, 0.15) is 24.2 Å². The number of rotatable bonds is 6. The number of carbonyl (C=O) groups is 3. The van der Waals surface area contributed by atoms with Crippen LogP contribution in [0, 0.1) is 0 Å². The third-order valence-electron chi connectivity index (χ3n) is 2.79. The first-order chi connectivity index (χ1) is 11.3. The van der Waals surface area contributed by atoms with Crippen molar-refractivity contribution in [3.63, 3.8) is 0 Å². The van der Waals surface area contributed by atoms with Gasteiger partial charge >= 0.3 is 18.0 Å². The molecule has 0 aliphatic rings. The average molecular weight is 356 g/mol. The van der Waals surface area contributed by atoms with Crippen LogP contribution in [0.2, 0.25) is 5.02 Å². The molecular weight excluding hydrogens is 338 g/mol. The molecular formula is C16H18ClNO6. The highest BCUT2D eigenvalue weighted by Gasteiger charge is 2.27. The molecule has 8 heteroatoms. The minimum absolute atomic E-state index is 0.0267. The summed E-state index contributed by atoms with van der Waals surface area (Å²) in [5, 5.41) is 2.49. The van der Waals surface area contributed by atoms with Crippen molar-refractivity contribution >= 4 is 35.3 Å². The van der Waals surface area contributed by atoms with E-state index >= 15 is 0 Å². The molecule has 0 bridgehead atoms. The maximum absolute atomic E-state index is 12.3. The summed E-state index contributed by atoms with van der Waals surface area (Å²) in [6.07, 6.45) is -1.95. The van der Waals surface area contributed by atoms with Crippen molar-refractivity contribution in [3.05, 3.63) is 40.9 Å². The van der Waals surface area contributed by atoms with Crippen molar-refractivity contribution < 1.29 is 28.6 Å². The minimum atomic E-state index is -1.24. The van der Waals surface area contributed by atoms with Crippen LogP contribution in [0.15, 0.2) is 30.4 Å². The third kappa shape index (κ3) is 5.27. The Morgan fingerprint density at radius 3 is 2.54 bits per heavy atom. The first-order valence-corrected chi connectivity index (χ1v) is 7.35. The normalized spacial score (nSPS) is 11.2.